The highest BCUT2D eigenvalue weighted by Crippen LogP contribution is 2.26. The van der Waals surface area contributed by atoms with E-state index < -0.39 is 11.7 Å². The molecule has 2 atom stereocenters. The SMILES string of the molecule is C=C1CCN(C2CCN(C(=O)OC[C@H]3CCC[C@@H](C)N3C(=O)C(=O)c3ccc(Cl)cc3)CC2)CC1. The lowest BCUT2D eigenvalue weighted by Crippen LogP contribution is -2.54. The largest absolute Gasteiger partial charge is 0.447 e. The molecule has 35 heavy (non-hydrogen) atoms. The molecule has 3 saturated heterocycles. The van der Waals surface area contributed by atoms with Crippen molar-refractivity contribution in [3.8, 4) is 0 Å². The highest BCUT2D eigenvalue weighted by molar-refractivity contribution is 6.43. The summed E-state index contributed by atoms with van der Waals surface area (Å²) >= 11 is 5.91. The molecule has 3 aliphatic heterocycles. The highest BCUT2D eigenvalue weighted by atomic mass is 35.5. The number of amides is 2. The van der Waals surface area contributed by atoms with Gasteiger partial charge in [0, 0.05) is 48.8 Å². The normalized spacial score (nSPS) is 24.3. The maximum atomic E-state index is 13.1. The number of rotatable bonds is 5. The van der Waals surface area contributed by atoms with Gasteiger partial charge >= 0.3 is 6.09 Å². The predicted molar refractivity (Wildman–Crippen MR) is 136 cm³/mol. The zero-order valence-electron chi connectivity index (χ0n) is 20.6. The van der Waals surface area contributed by atoms with Crippen molar-refractivity contribution in [2.75, 3.05) is 32.8 Å². The fourth-order valence-corrected chi connectivity index (χ4v) is 5.66. The summed E-state index contributed by atoms with van der Waals surface area (Å²) in [6.07, 6.45) is 6.15. The van der Waals surface area contributed by atoms with Crippen LogP contribution in [0.25, 0.3) is 0 Å². The van der Waals surface area contributed by atoms with Gasteiger partial charge in [-0.05, 0) is 76.1 Å². The quantitative estimate of drug-likeness (QED) is 0.336. The number of nitrogens with zero attached hydrogens (tertiary/aromatic N) is 3. The Kier molecular flexibility index (Phi) is 8.50. The summed E-state index contributed by atoms with van der Waals surface area (Å²) in [6, 6.07) is 6.46. The molecule has 0 spiro atoms. The molecule has 1 aromatic rings. The van der Waals surface area contributed by atoms with Crippen LogP contribution < -0.4 is 0 Å². The number of likely N-dealkylation sites (tertiary alicyclic amines) is 3. The van der Waals surface area contributed by atoms with Gasteiger partial charge in [-0.1, -0.05) is 23.8 Å². The van der Waals surface area contributed by atoms with E-state index in [0.29, 0.717) is 36.1 Å². The number of piperidine rings is 3. The van der Waals surface area contributed by atoms with E-state index in [9.17, 15) is 14.4 Å². The number of ether oxygens (including phenoxy) is 1. The van der Waals surface area contributed by atoms with Crippen LogP contribution in [0.1, 0.15) is 62.2 Å². The van der Waals surface area contributed by atoms with E-state index in [1.165, 1.54) is 5.57 Å². The number of halogens is 1. The van der Waals surface area contributed by atoms with Gasteiger partial charge < -0.3 is 14.5 Å². The summed E-state index contributed by atoms with van der Waals surface area (Å²) in [4.78, 5) is 44.7. The average molecular weight is 502 g/mol. The number of Topliss-reactive ketones (excluding diaryl/α,β-unsaturated/α-hetero) is 1. The van der Waals surface area contributed by atoms with E-state index in [1.807, 2.05) is 6.92 Å². The first-order valence-electron chi connectivity index (χ1n) is 12.8. The van der Waals surface area contributed by atoms with Crippen LogP contribution in [0.3, 0.4) is 0 Å². The maximum Gasteiger partial charge on any atom is 0.409 e. The molecule has 0 N–H and O–H groups in total. The van der Waals surface area contributed by atoms with Crippen LogP contribution in [-0.2, 0) is 9.53 Å². The molecule has 2 amide bonds. The summed E-state index contributed by atoms with van der Waals surface area (Å²) in [5, 5.41) is 0.510. The van der Waals surface area contributed by atoms with Crippen LogP contribution in [0.2, 0.25) is 5.02 Å². The molecule has 190 valence electrons. The smallest absolute Gasteiger partial charge is 0.409 e. The first-order chi connectivity index (χ1) is 16.8. The van der Waals surface area contributed by atoms with Gasteiger partial charge in [0.2, 0.25) is 5.78 Å². The minimum absolute atomic E-state index is 0.0902. The monoisotopic (exact) mass is 501 g/mol. The third-order valence-corrected chi connectivity index (χ3v) is 7.96. The Morgan fingerprint density at radius 1 is 1.00 bits per heavy atom. The van der Waals surface area contributed by atoms with Crippen molar-refractivity contribution < 1.29 is 19.1 Å². The van der Waals surface area contributed by atoms with E-state index in [2.05, 4.69) is 11.5 Å². The summed E-state index contributed by atoms with van der Waals surface area (Å²) in [6.45, 7) is 9.63. The van der Waals surface area contributed by atoms with Crippen LogP contribution in [-0.4, -0.2) is 83.4 Å². The number of carbonyl (C=O) groups is 3. The Morgan fingerprint density at radius 2 is 1.66 bits per heavy atom. The van der Waals surface area contributed by atoms with Gasteiger partial charge in [-0.25, -0.2) is 4.79 Å². The summed E-state index contributed by atoms with van der Waals surface area (Å²) < 4.78 is 5.68. The van der Waals surface area contributed by atoms with Crippen LogP contribution >= 0.6 is 11.6 Å². The maximum absolute atomic E-state index is 13.1. The minimum atomic E-state index is -0.560. The second-order valence-electron chi connectivity index (χ2n) is 10.1. The van der Waals surface area contributed by atoms with Crippen molar-refractivity contribution in [1.29, 1.82) is 0 Å². The molecule has 0 radical (unpaired) electrons. The van der Waals surface area contributed by atoms with Crippen molar-refractivity contribution in [2.24, 2.45) is 0 Å². The van der Waals surface area contributed by atoms with Gasteiger partial charge in [0.15, 0.2) is 0 Å². The molecule has 7 nitrogen and oxygen atoms in total. The number of carbonyl (C=O) groups excluding carboxylic acids is 3. The van der Waals surface area contributed by atoms with Crippen LogP contribution in [0.4, 0.5) is 4.79 Å². The van der Waals surface area contributed by atoms with Crippen LogP contribution in [0.15, 0.2) is 36.4 Å². The molecule has 0 bridgehead atoms. The van der Waals surface area contributed by atoms with E-state index in [4.69, 9.17) is 16.3 Å². The first-order valence-corrected chi connectivity index (χ1v) is 13.2. The van der Waals surface area contributed by atoms with E-state index in [0.717, 1.165) is 51.6 Å². The minimum Gasteiger partial charge on any atom is -0.447 e. The molecule has 0 saturated carbocycles. The molecular weight excluding hydrogens is 466 g/mol. The van der Waals surface area contributed by atoms with Gasteiger partial charge in [-0.15, -0.1) is 0 Å². The highest BCUT2D eigenvalue weighted by Gasteiger charge is 2.37. The second kappa shape index (κ2) is 11.6. The Bertz CT molecular complexity index is 932. The Morgan fingerprint density at radius 3 is 2.31 bits per heavy atom. The van der Waals surface area contributed by atoms with Crippen molar-refractivity contribution in [2.45, 2.75) is 70.0 Å². The molecule has 3 heterocycles. The predicted octanol–water partition coefficient (Wildman–Crippen LogP) is 4.55. The average Bonchev–Trinajstić information content (AvgIpc) is 2.87. The molecule has 8 heteroatoms. The fraction of sp³-hybridized carbons (Fsp3) is 0.593. The number of hydrogen-bond acceptors (Lipinski definition) is 5. The molecule has 0 aromatic heterocycles. The second-order valence-corrected chi connectivity index (χ2v) is 10.5. The van der Waals surface area contributed by atoms with Gasteiger partial charge in [0.05, 0.1) is 6.04 Å². The number of benzene rings is 1. The van der Waals surface area contributed by atoms with Crippen molar-refractivity contribution in [3.63, 3.8) is 0 Å². The first kappa shape index (κ1) is 25.7. The standard InChI is InChI=1S/C27H36ClN3O4/c1-19-10-14-29(15-11-19)23-12-16-30(17-13-23)27(34)35-18-24-5-3-4-20(2)31(24)26(33)25(32)21-6-8-22(28)9-7-21/h6-9,20,23-24H,1,3-5,10-18H2,2H3/t20-,24-/m1/s1. The van der Waals surface area contributed by atoms with Crippen LogP contribution in [0.5, 0.6) is 0 Å². The Labute approximate surface area is 213 Å². The van der Waals surface area contributed by atoms with Gasteiger partial charge in [-0.3, -0.25) is 14.5 Å². The molecule has 4 rings (SSSR count). The molecule has 0 aliphatic carbocycles. The van der Waals surface area contributed by atoms with E-state index in [-0.39, 0.29) is 24.8 Å². The molecule has 0 unspecified atom stereocenters. The van der Waals surface area contributed by atoms with E-state index in [1.54, 1.807) is 34.1 Å². The Hall–Kier alpha value is -2.38. The third-order valence-electron chi connectivity index (χ3n) is 7.71. The summed E-state index contributed by atoms with van der Waals surface area (Å²) in [7, 11) is 0. The van der Waals surface area contributed by atoms with Crippen molar-refractivity contribution in [1.82, 2.24) is 14.7 Å². The van der Waals surface area contributed by atoms with Crippen LogP contribution in [0, 0.1) is 0 Å². The fourth-order valence-electron chi connectivity index (χ4n) is 5.54. The molecular formula is C27H36ClN3O4. The van der Waals surface area contributed by atoms with E-state index >= 15 is 0 Å². The summed E-state index contributed by atoms with van der Waals surface area (Å²) in [5.74, 6) is -1.11. The van der Waals surface area contributed by atoms with Crippen molar-refractivity contribution in [3.05, 3.63) is 47.0 Å². The van der Waals surface area contributed by atoms with Gasteiger partial charge in [0.1, 0.15) is 6.61 Å². The number of ketones is 1. The van der Waals surface area contributed by atoms with Crippen molar-refractivity contribution >= 4 is 29.4 Å². The zero-order valence-corrected chi connectivity index (χ0v) is 21.3. The third kappa shape index (κ3) is 6.25. The molecule has 1 aromatic carbocycles. The lowest BCUT2D eigenvalue weighted by atomic mass is 9.95. The lowest BCUT2D eigenvalue weighted by molar-refractivity contribution is -0.134. The molecule has 3 aliphatic rings. The van der Waals surface area contributed by atoms with Gasteiger partial charge in [0.25, 0.3) is 5.91 Å². The topological polar surface area (TPSA) is 70.2 Å². The Balaban J connectivity index is 1.30. The van der Waals surface area contributed by atoms with Gasteiger partial charge in [-0.2, -0.15) is 0 Å². The zero-order chi connectivity index (χ0) is 24.9. The molecule has 3 fully saturated rings. The summed E-state index contributed by atoms with van der Waals surface area (Å²) in [5.41, 5.74) is 1.65. The number of hydrogen-bond donors (Lipinski definition) is 0. The lowest BCUT2D eigenvalue weighted by Gasteiger charge is -2.41.